The van der Waals surface area contributed by atoms with Gasteiger partial charge in [0.2, 0.25) is 0 Å². The van der Waals surface area contributed by atoms with E-state index >= 15 is 0 Å². The molecule has 0 fully saturated rings. The predicted molar refractivity (Wildman–Crippen MR) is 51.1 cm³/mol. The normalized spacial score (nSPS) is 9.43. The number of nitrogens with zero attached hydrogens (tertiary/aromatic N) is 1. The van der Waals surface area contributed by atoms with E-state index in [0.717, 1.165) is 0 Å². The SMILES string of the molecule is O=NCC(=O)CC(=O)c1ccccc1. The molecule has 1 rings (SSSR count). The summed E-state index contributed by atoms with van der Waals surface area (Å²) >= 11 is 0. The van der Waals surface area contributed by atoms with Gasteiger partial charge in [-0.25, -0.2) is 0 Å². The maximum Gasteiger partial charge on any atom is 0.170 e. The van der Waals surface area contributed by atoms with Crippen LogP contribution in [0.1, 0.15) is 16.8 Å². The first-order chi connectivity index (χ1) is 6.74. The van der Waals surface area contributed by atoms with Gasteiger partial charge in [0.1, 0.15) is 6.54 Å². The van der Waals surface area contributed by atoms with E-state index in [2.05, 4.69) is 5.18 Å². The van der Waals surface area contributed by atoms with Crippen LogP contribution in [0, 0.1) is 4.91 Å². The van der Waals surface area contributed by atoms with Gasteiger partial charge in [-0.2, -0.15) is 4.91 Å². The number of hydrogen-bond acceptors (Lipinski definition) is 4. The molecule has 0 aliphatic heterocycles. The molecule has 0 amide bonds. The highest BCUT2D eigenvalue weighted by atomic mass is 16.3. The van der Waals surface area contributed by atoms with Crippen molar-refractivity contribution in [3.05, 3.63) is 40.8 Å². The van der Waals surface area contributed by atoms with Crippen molar-refractivity contribution >= 4 is 11.6 Å². The van der Waals surface area contributed by atoms with Crippen molar-refractivity contribution in [1.29, 1.82) is 0 Å². The highest BCUT2D eigenvalue weighted by Crippen LogP contribution is 2.03. The summed E-state index contributed by atoms with van der Waals surface area (Å²) in [6.07, 6.45) is -0.254. The van der Waals surface area contributed by atoms with E-state index in [1.807, 2.05) is 0 Å². The average Bonchev–Trinajstić information content (AvgIpc) is 2.19. The molecule has 0 radical (unpaired) electrons. The summed E-state index contributed by atoms with van der Waals surface area (Å²) < 4.78 is 0. The fourth-order valence-electron chi connectivity index (χ4n) is 1.03. The molecule has 1 aromatic carbocycles. The Balaban J connectivity index is 2.59. The zero-order valence-electron chi connectivity index (χ0n) is 7.47. The zero-order chi connectivity index (χ0) is 10.4. The van der Waals surface area contributed by atoms with Crippen molar-refractivity contribution < 1.29 is 9.59 Å². The second-order valence-corrected chi connectivity index (χ2v) is 2.79. The molecule has 1 aromatic rings. The van der Waals surface area contributed by atoms with Crippen LogP contribution in [0.2, 0.25) is 0 Å². The summed E-state index contributed by atoms with van der Waals surface area (Å²) in [5.41, 5.74) is 0.478. The van der Waals surface area contributed by atoms with Gasteiger partial charge in [-0.3, -0.25) is 9.59 Å². The van der Waals surface area contributed by atoms with Crippen molar-refractivity contribution in [3.8, 4) is 0 Å². The maximum atomic E-state index is 11.4. The van der Waals surface area contributed by atoms with E-state index in [-0.39, 0.29) is 12.2 Å². The van der Waals surface area contributed by atoms with Crippen LogP contribution in [-0.4, -0.2) is 18.1 Å². The highest BCUT2D eigenvalue weighted by molar-refractivity contribution is 6.08. The summed E-state index contributed by atoms with van der Waals surface area (Å²) in [4.78, 5) is 32.0. The first-order valence-corrected chi connectivity index (χ1v) is 4.13. The minimum absolute atomic E-state index is 0.254. The van der Waals surface area contributed by atoms with Gasteiger partial charge < -0.3 is 0 Å². The third kappa shape index (κ3) is 2.90. The lowest BCUT2D eigenvalue weighted by Crippen LogP contribution is -2.10. The summed E-state index contributed by atoms with van der Waals surface area (Å²) in [7, 11) is 0. The van der Waals surface area contributed by atoms with Crippen LogP contribution in [-0.2, 0) is 4.79 Å². The molecule has 72 valence electrons. The van der Waals surface area contributed by atoms with Gasteiger partial charge in [0.05, 0.1) is 6.42 Å². The summed E-state index contributed by atoms with van der Waals surface area (Å²) in [6, 6.07) is 8.48. The first kappa shape index (κ1) is 10.2. The molecule has 0 atom stereocenters. The minimum atomic E-state index is -0.450. The molecule has 0 saturated carbocycles. The van der Waals surface area contributed by atoms with Gasteiger partial charge in [0.15, 0.2) is 11.6 Å². The Morgan fingerprint density at radius 3 is 2.36 bits per heavy atom. The minimum Gasteiger partial charge on any atom is -0.297 e. The summed E-state index contributed by atoms with van der Waals surface area (Å²) in [5, 5.41) is 2.43. The van der Waals surface area contributed by atoms with Crippen LogP contribution in [0.5, 0.6) is 0 Å². The van der Waals surface area contributed by atoms with E-state index in [4.69, 9.17) is 0 Å². The number of hydrogen-bond donors (Lipinski definition) is 0. The average molecular weight is 191 g/mol. The zero-order valence-corrected chi connectivity index (χ0v) is 7.47. The molecule has 0 bridgehead atoms. The summed E-state index contributed by atoms with van der Waals surface area (Å²) in [6.45, 7) is -0.432. The third-order valence-corrected chi connectivity index (χ3v) is 1.69. The molecule has 14 heavy (non-hydrogen) atoms. The number of rotatable bonds is 5. The molecule has 4 nitrogen and oxygen atoms in total. The van der Waals surface area contributed by atoms with Gasteiger partial charge in [0.25, 0.3) is 0 Å². The Bertz CT molecular complexity index is 346. The topological polar surface area (TPSA) is 63.6 Å². The van der Waals surface area contributed by atoms with E-state index in [1.165, 1.54) is 0 Å². The lowest BCUT2D eigenvalue weighted by atomic mass is 10.1. The number of carbonyl (C=O) groups excluding carboxylic acids is 2. The second-order valence-electron chi connectivity index (χ2n) is 2.79. The van der Waals surface area contributed by atoms with E-state index in [9.17, 15) is 14.5 Å². The number of benzene rings is 1. The molecular weight excluding hydrogens is 182 g/mol. The third-order valence-electron chi connectivity index (χ3n) is 1.69. The monoisotopic (exact) mass is 191 g/mol. The highest BCUT2D eigenvalue weighted by Gasteiger charge is 2.10. The van der Waals surface area contributed by atoms with E-state index in [1.54, 1.807) is 30.3 Å². The maximum absolute atomic E-state index is 11.4. The van der Waals surface area contributed by atoms with Gasteiger partial charge in [-0.05, 0) is 0 Å². The van der Waals surface area contributed by atoms with Gasteiger partial charge in [0, 0.05) is 5.56 Å². The van der Waals surface area contributed by atoms with Crippen molar-refractivity contribution in [2.75, 3.05) is 6.54 Å². The fraction of sp³-hybridized carbons (Fsp3) is 0.200. The summed E-state index contributed by atoms with van der Waals surface area (Å²) in [5.74, 6) is -0.729. The van der Waals surface area contributed by atoms with Crippen molar-refractivity contribution in [2.24, 2.45) is 5.18 Å². The lowest BCUT2D eigenvalue weighted by Gasteiger charge is -1.97. The van der Waals surface area contributed by atoms with E-state index < -0.39 is 12.3 Å². The number of ketones is 2. The van der Waals surface area contributed by atoms with Crippen LogP contribution in [0.25, 0.3) is 0 Å². The van der Waals surface area contributed by atoms with Crippen LogP contribution in [0.4, 0.5) is 0 Å². The van der Waals surface area contributed by atoms with Crippen LogP contribution >= 0.6 is 0 Å². The smallest absolute Gasteiger partial charge is 0.170 e. The number of nitroso groups, excluding NO2 is 1. The molecule has 0 unspecified atom stereocenters. The molecule has 0 aliphatic rings. The lowest BCUT2D eigenvalue weighted by molar-refractivity contribution is -0.116. The largest absolute Gasteiger partial charge is 0.297 e. The fourth-order valence-corrected chi connectivity index (χ4v) is 1.03. The Labute approximate surface area is 80.9 Å². The number of carbonyl (C=O) groups is 2. The first-order valence-electron chi connectivity index (χ1n) is 4.13. The van der Waals surface area contributed by atoms with Crippen molar-refractivity contribution in [1.82, 2.24) is 0 Å². The molecule has 0 N–H and O–H groups in total. The Morgan fingerprint density at radius 1 is 1.14 bits per heavy atom. The molecule has 0 spiro atoms. The van der Waals surface area contributed by atoms with Gasteiger partial charge in [-0.15, -0.1) is 0 Å². The number of Topliss-reactive ketones (excluding diaryl/α,β-unsaturated/α-hetero) is 2. The Kier molecular flexibility index (Phi) is 3.67. The quantitative estimate of drug-likeness (QED) is 0.403. The van der Waals surface area contributed by atoms with Gasteiger partial charge >= 0.3 is 0 Å². The van der Waals surface area contributed by atoms with Crippen LogP contribution < -0.4 is 0 Å². The Hall–Kier alpha value is -1.84. The predicted octanol–water partition coefficient (Wildman–Crippen LogP) is 1.59. The molecular formula is C10H9NO3. The van der Waals surface area contributed by atoms with Gasteiger partial charge in [-0.1, -0.05) is 35.5 Å². The van der Waals surface area contributed by atoms with Crippen molar-refractivity contribution in [2.45, 2.75) is 6.42 Å². The molecule has 0 aliphatic carbocycles. The second kappa shape index (κ2) is 5.01. The molecule has 0 aromatic heterocycles. The molecule has 0 heterocycles. The van der Waals surface area contributed by atoms with E-state index in [0.29, 0.717) is 5.56 Å². The standard InChI is InChI=1S/C10H9NO3/c12-9(7-11-14)6-10(13)8-4-2-1-3-5-8/h1-5H,6-7H2. The molecule has 0 saturated heterocycles. The van der Waals surface area contributed by atoms with Crippen LogP contribution in [0.3, 0.4) is 0 Å². The van der Waals surface area contributed by atoms with Crippen molar-refractivity contribution in [3.63, 3.8) is 0 Å². The van der Waals surface area contributed by atoms with Crippen LogP contribution in [0.15, 0.2) is 35.5 Å². The molecule has 4 heteroatoms. The Morgan fingerprint density at radius 2 is 1.79 bits per heavy atom.